The van der Waals surface area contributed by atoms with Crippen molar-refractivity contribution in [2.24, 2.45) is 0 Å². The van der Waals surface area contributed by atoms with Gasteiger partial charge < -0.3 is 16.4 Å². The largest absolute Gasteiger partial charge is 0.399 e. The van der Waals surface area contributed by atoms with Crippen molar-refractivity contribution in [2.45, 2.75) is 19.5 Å². The molecule has 0 radical (unpaired) electrons. The fourth-order valence-electron chi connectivity index (χ4n) is 2.94. The molecule has 0 spiro atoms. The lowest BCUT2D eigenvalue weighted by atomic mass is 10.1. The van der Waals surface area contributed by atoms with Crippen LogP contribution in [0.1, 0.15) is 24.1 Å². The van der Waals surface area contributed by atoms with Crippen LogP contribution in [0.15, 0.2) is 60.8 Å². The van der Waals surface area contributed by atoms with Gasteiger partial charge in [0.25, 0.3) is 0 Å². The van der Waals surface area contributed by atoms with Gasteiger partial charge in [0, 0.05) is 18.3 Å². The lowest BCUT2D eigenvalue weighted by molar-refractivity contribution is 0.875. The molecular formula is C20H21N7. The van der Waals surface area contributed by atoms with Gasteiger partial charge in [0.2, 0.25) is 5.95 Å². The second kappa shape index (κ2) is 7.33. The van der Waals surface area contributed by atoms with Crippen molar-refractivity contribution in [3.8, 4) is 0 Å². The fraction of sp³-hybridized carbons (Fsp3) is 0.150. The number of H-pyrrole nitrogens is 1. The van der Waals surface area contributed by atoms with Gasteiger partial charge in [-0.1, -0.05) is 42.5 Å². The molecule has 0 bridgehead atoms. The Morgan fingerprint density at radius 1 is 1.07 bits per heavy atom. The molecule has 4 aromatic rings. The van der Waals surface area contributed by atoms with Crippen LogP contribution in [-0.4, -0.2) is 20.2 Å². The smallest absolute Gasteiger partial charge is 0.226 e. The highest BCUT2D eigenvalue weighted by atomic mass is 15.2. The number of fused-ring (bicyclic) bond motifs is 1. The van der Waals surface area contributed by atoms with Crippen LogP contribution in [-0.2, 0) is 6.54 Å². The summed E-state index contributed by atoms with van der Waals surface area (Å²) in [6.07, 6.45) is 1.73. The van der Waals surface area contributed by atoms with Gasteiger partial charge >= 0.3 is 0 Å². The Morgan fingerprint density at radius 2 is 1.93 bits per heavy atom. The fourth-order valence-corrected chi connectivity index (χ4v) is 2.94. The number of benzene rings is 2. The lowest BCUT2D eigenvalue weighted by Gasteiger charge is -2.16. The zero-order valence-corrected chi connectivity index (χ0v) is 15.0. The van der Waals surface area contributed by atoms with Crippen molar-refractivity contribution in [1.82, 2.24) is 20.2 Å². The first kappa shape index (κ1) is 16.8. The first-order chi connectivity index (χ1) is 13.2. The molecule has 0 aliphatic rings. The quantitative estimate of drug-likeness (QED) is 0.391. The molecule has 2 aromatic heterocycles. The zero-order valence-electron chi connectivity index (χ0n) is 15.0. The summed E-state index contributed by atoms with van der Waals surface area (Å²) in [6, 6.07) is 18.1. The molecule has 0 fully saturated rings. The highest BCUT2D eigenvalue weighted by molar-refractivity contribution is 5.87. The van der Waals surface area contributed by atoms with Gasteiger partial charge in [0.05, 0.1) is 11.6 Å². The van der Waals surface area contributed by atoms with E-state index in [1.807, 2.05) is 42.5 Å². The third kappa shape index (κ3) is 3.82. The number of aromatic nitrogens is 4. The first-order valence-corrected chi connectivity index (χ1v) is 8.80. The van der Waals surface area contributed by atoms with E-state index in [1.54, 1.807) is 6.20 Å². The molecule has 0 amide bonds. The molecule has 7 nitrogen and oxygen atoms in total. The summed E-state index contributed by atoms with van der Waals surface area (Å²) >= 11 is 0. The monoisotopic (exact) mass is 359 g/mol. The molecule has 0 unspecified atom stereocenters. The molecule has 0 aliphatic carbocycles. The lowest BCUT2D eigenvalue weighted by Crippen LogP contribution is -2.11. The average molecular weight is 359 g/mol. The van der Waals surface area contributed by atoms with Crippen molar-refractivity contribution in [3.63, 3.8) is 0 Å². The number of anilines is 3. The molecule has 0 saturated carbocycles. The van der Waals surface area contributed by atoms with Gasteiger partial charge in [-0.15, -0.1) is 0 Å². The van der Waals surface area contributed by atoms with Gasteiger partial charge in [-0.05, 0) is 30.2 Å². The normalized spacial score (nSPS) is 12.0. The summed E-state index contributed by atoms with van der Waals surface area (Å²) in [5.41, 5.74) is 9.51. The Labute approximate surface area is 157 Å². The first-order valence-electron chi connectivity index (χ1n) is 8.80. The predicted molar refractivity (Wildman–Crippen MR) is 108 cm³/mol. The molecule has 0 aliphatic heterocycles. The highest BCUT2D eigenvalue weighted by Gasteiger charge is 2.13. The summed E-state index contributed by atoms with van der Waals surface area (Å²) in [6.45, 7) is 2.68. The molecule has 2 aromatic carbocycles. The molecule has 1 atom stereocenters. The Morgan fingerprint density at radius 3 is 2.74 bits per heavy atom. The number of rotatable bonds is 6. The minimum Gasteiger partial charge on any atom is -0.399 e. The Bertz CT molecular complexity index is 1040. The van der Waals surface area contributed by atoms with E-state index < -0.39 is 0 Å². The molecule has 27 heavy (non-hydrogen) atoms. The van der Waals surface area contributed by atoms with Gasteiger partial charge in [0.15, 0.2) is 5.65 Å². The number of aromatic amines is 1. The zero-order chi connectivity index (χ0) is 18.6. The van der Waals surface area contributed by atoms with Crippen LogP contribution in [0.2, 0.25) is 0 Å². The number of nitrogens with zero attached hydrogens (tertiary/aromatic N) is 3. The molecule has 7 heteroatoms. The van der Waals surface area contributed by atoms with Crippen LogP contribution in [0, 0.1) is 0 Å². The average Bonchev–Trinajstić information content (AvgIpc) is 3.16. The maximum Gasteiger partial charge on any atom is 0.226 e. The molecule has 0 saturated heterocycles. The van der Waals surface area contributed by atoms with Crippen molar-refractivity contribution in [2.75, 3.05) is 16.4 Å². The molecule has 2 heterocycles. The van der Waals surface area contributed by atoms with E-state index >= 15 is 0 Å². The SMILES string of the molecule is C[C@@H](Nc1nc(NCc2cccc(N)c2)nc2[nH]ncc12)c1ccccc1. The predicted octanol–water partition coefficient (Wildman–Crippen LogP) is 3.72. The van der Waals surface area contributed by atoms with E-state index in [0.717, 1.165) is 22.5 Å². The van der Waals surface area contributed by atoms with Crippen LogP contribution < -0.4 is 16.4 Å². The van der Waals surface area contributed by atoms with Gasteiger partial charge in [0.1, 0.15) is 5.82 Å². The van der Waals surface area contributed by atoms with Crippen molar-refractivity contribution in [3.05, 3.63) is 71.9 Å². The summed E-state index contributed by atoms with van der Waals surface area (Å²) in [4.78, 5) is 9.15. The third-order valence-corrected chi connectivity index (χ3v) is 4.36. The van der Waals surface area contributed by atoms with Gasteiger partial charge in [-0.3, -0.25) is 5.10 Å². The van der Waals surface area contributed by atoms with Crippen molar-refractivity contribution in [1.29, 1.82) is 0 Å². The number of nitrogens with two attached hydrogens (primary N) is 1. The minimum absolute atomic E-state index is 0.0981. The third-order valence-electron chi connectivity index (χ3n) is 4.36. The molecule has 5 N–H and O–H groups in total. The Hall–Kier alpha value is -3.61. The summed E-state index contributed by atoms with van der Waals surface area (Å²) < 4.78 is 0. The second-order valence-electron chi connectivity index (χ2n) is 6.40. The Balaban J connectivity index is 1.58. The molecular weight excluding hydrogens is 338 g/mol. The van der Waals surface area contributed by atoms with E-state index in [0.29, 0.717) is 18.1 Å². The van der Waals surface area contributed by atoms with Crippen molar-refractivity contribution >= 4 is 28.5 Å². The van der Waals surface area contributed by atoms with Crippen LogP contribution in [0.25, 0.3) is 11.0 Å². The van der Waals surface area contributed by atoms with E-state index in [-0.39, 0.29) is 6.04 Å². The van der Waals surface area contributed by atoms with Crippen LogP contribution in [0.3, 0.4) is 0 Å². The standard InChI is InChI=1S/C20H21N7/c1-13(15-7-3-2-4-8-15)24-18-17-12-23-27-19(17)26-20(25-18)22-11-14-6-5-9-16(21)10-14/h2-10,12-13H,11,21H2,1H3,(H3,22,23,24,25,26,27)/t13-/m1/s1. The number of nitrogen functional groups attached to an aromatic ring is 1. The van der Waals surface area contributed by atoms with Crippen LogP contribution in [0.5, 0.6) is 0 Å². The van der Waals surface area contributed by atoms with Crippen LogP contribution in [0.4, 0.5) is 17.5 Å². The van der Waals surface area contributed by atoms with E-state index in [2.05, 4.69) is 49.9 Å². The summed E-state index contributed by atoms with van der Waals surface area (Å²) in [7, 11) is 0. The number of hydrogen-bond acceptors (Lipinski definition) is 6. The maximum absolute atomic E-state index is 5.84. The van der Waals surface area contributed by atoms with E-state index in [4.69, 9.17) is 5.73 Å². The number of nitrogens with one attached hydrogen (secondary N) is 3. The van der Waals surface area contributed by atoms with Gasteiger partial charge in [-0.25, -0.2) is 0 Å². The maximum atomic E-state index is 5.84. The van der Waals surface area contributed by atoms with Crippen LogP contribution >= 0.6 is 0 Å². The topological polar surface area (TPSA) is 105 Å². The second-order valence-corrected chi connectivity index (χ2v) is 6.40. The summed E-state index contributed by atoms with van der Waals surface area (Å²) in [5, 5.41) is 14.6. The minimum atomic E-state index is 0.0981. The highest BCUT2D eigenvalue weighted by Crippen LogP contribution is 2.25. The molecule has 4 rings (SSSR count). The summed E-state index contributed by atoms with van der Waals surface area (Å²) in [5.74, 6) is 1.26. The number of hydrogen-bond donors (Lipinski definition) is 4. The van der Waals surface area contributed by atoms with E-state index in [1.165, 1.54) is 5.56 Å². The van der Waals surface area contributed by atoms with Crippen molar-refractivity contribution < 1.29 is 0 Å². The van der Waals surface area contributed by atoms with E-state index in [9.17, 15) is 0 Å². The van der Waals surface area contributed by atoms with Gasteiger partial charge in [-0.2, -0.15) is 15.1 Å². The molecule has 136 valence electrons. The Kier molecular flexibility index (Phi) is 4.57.